The Labute approximate surface area is 234 Å². The molecule has 1 aromatic carbocycles. The maximum atomic E-state index is 14.2. The van der Waals surface area contributed by atoms with Crippen LogP contribution in [0.2, 0.25) is 0 Å². The zero-order valence-corrected chi connectivity index (χ0v) is 24.2. The van der Waals surface area contributed by atoms with Crippen molar-refractivity contribution in [3.05, 3.63) is 44.9 Å². The lowest BCUT2D eigenvalue weighted by Crippen LogP contribution is -2.63. The number of benzene rings is 1. The summed E-state index contributed by atoms with van der Waals surface area (Å²) in [5.41, 5.74) is 0.0324. The first-order valence-corrected chi connectivity index (χ1v) is 13.8. The fourth-order valence-electron chi connectivity index (χ4n) is 7.49. The first-order chi connectivity index (χ1) is 18.7. The predicted molar refractivity (Wildman–Crippen MR) is 148 cm³/mol. The van der Waals surface area contributed by atoms with Crippen LogP contribution < -0.4 is 4.90 Å². The van der Waals surface area contributed by atoms with E-state index in [0.717, 1.165) is 24.6 Å². The molecule has 4 aliphatic rings. The van der Waals surface area contributed by atoms with Gasteiger partial charge in [0.05, 0.1) is 11.6 Å². The molecule has 0 unspecified atom stereocenters. The molecule has 10 heteroatoms. The summed E-state index contributed by atoms with van der Waals surface area (Å²) >= 11 is 0. The smallest absolute Gasteiger partial charge is 0.209 e. The largest absolute Gasteiger partial charge is 0.510 e. The van der Waals surface area contributed by atoms with Gasteiger partial charge in [0.15, 0.2) is 17.2 Å². The van der Waals surface area contributed by atoms with E-state index in [2.05, 4.69) is 18.7 Å². The molecule has 40 heavy (non-hydrogen) atoms. The van der Waals surface area contributed by atoms with Crippen molar-refractivity contribution in [2.75, 3.05) is 33.1 Å². The van der Waals surface area contributed by atoms with E-state index in [-0.39, 0.29) is 29.3 Å². The molecule has 0 radical (unpaired) electrons. The highest BCUT2D eigenvalue weighted by Gasteiger charge is 2.63. The van der Waals surface area contributed by atoms with Gasteiger partial charge in [0.1, 0.15) is 22.8 Å². The fraction of sp³-hybridized carbons (Fsp3) is 0.567. The van der Waals surface area contributed by atoms with Gasteiger partial charge in [-0.25, -0.2) is 0 Å². The van der Waals surface area contributed by atoms with Crippen LogP contribution in [0.5, 0.6) is 5.75 Å². The molecule has 0 bridgehead atoms. The SMILES string of the molecule is CC[C@@H](C)N1Cc2c(O)c3c(c(N(C)C)c2C1)C[C@H]1C[C@H]2[C@H](N(C)C)C(O)=C(C(C)=O)C(=O)[C@@]2(O)C(O)=C1C3=O. The summed E-state index contributed by atoms with van der Waals surface area (Å²) in [6.45, 7) is 6.46. The van der Waals surface area contributed by atoms with Gasteiger partial charge in [0.2, 0.25) is 5.78 Å². The van der Waals surface area contributed by atoms with Gasteiger partial charge in [-0.1, -0.05) is 6.92 Å². The van der Waals surface area contributed by atoms with E-state index >= 15 is 0 Å². The molecule has 1 aromatic rings. The molecule has 0 saturated carbocycles. The minimum atomic E-state index is -2.56. The highest BCUT2D eigenvalue weighted by molar-refractivity contribution is 6.25. The Morgan fingerprint density at radius 3 is 2.25 bits per heavy atom. The molecular formula is C30H39N3O7. The summed E-state index contributed by atoms with van der Waals surface area (Å²) in [5.74, 6) is -5.41. The third-order valence-corrected chi connectivity index (χ3v) is 9.56. The van der Waals surface area contributed by atoms with Gasteiger partial charge in [-0.15, -0.1) is 0 Å². The van der Waals surface area contributed by atoms with Gasteiger partial charge in [0, 0.05) is 56.0 Å². The van der Waals surface area contributed by atoms with Crippen molar-refractivity contribution in [1.29, 1.82) is 0 Å². The highest BCUT2D eigenvalue weighted by Crippen LogP contribution is 2.55. The lowest BCUT2D eigenvalue weighted by molar-refractivity contribution is -0.148. The number of aliphatic hydroxyl groups excluding tert-OH is 2. The van der Waals surface area contributed by atoms with E-state index in [1.54, 1.807) is 19.0 Å². The van der Waals surface area contributed by atoms with Crippen molar-refractivity contribution in [3.8, 4) is 5.75 Å². The van der Waals surface area contributed by atoms with Crippen LogP contribution in [0.3, 0.4) is 0 Å². The predicted octanol–water partition coefficient (Wildman–Crippen LogP) is 2.40. The Balaban J connectivity index is 1.72. The number of phenols is 1. The molecule has 216 valence electrons. The van der Waals surface area contributed by atoms with Crippen LogP contribution in [0.4, 0.5) is 5.69 Å². The Morgan fingerprint density at radius 1 is 1.07 bits per heavy atom. The monoisotopic (exact) mass is 553 g/mol. The molecule has 1 aliphatic heterocycles. The number of carbonyl (C=O) groups is 3. The topological polar surface area (TPSA) is 142 Å². The average Bonchev–Trinajstić information content (AvgIpc) is 3.30. The summed E-state index contributed by atoms with van der Waals surface area (Å²) in [5, 5.41) is 46.0. The molecule has 3 aliphatic carbocycles. The summed E-state index contributed by atoms with van der Waals surface area (Å²) < 4.78 is 0. The van der Waals surface area contributed by atoms with E-state index in [4.69, 9.17) is 0 Å². The normalized spacial score (nSPS) is 28.9. The summed E-state index contributed by atoms with van der Waals surface area (Å²) in [7, 11) is 7.11. The zero-order chi connectivity index (χ0) is 29.6. The van der Waals surface area contributed by atoms with Crippen LogP contribution in [0.25, 0.3) is 0 Å². The molecule has 0 fully saturated rings. The summed E-state index contributed by atoms with van der Waals surface area (Å²) in [6.07, 6.45) is 1.33. The van der Waals surface area contributed by atoms with Crippen molar-refractivity contribution in [1.82, 2.24) is 9.80 Å². The van der Waals surface area contributed by atoms with Gasteiger partial charge in [0.25, 0.3) is 0 Å². The molecule has 0 amide bonds. The second-order valence-electron chi connectivity index (χ2n) is 12.2. The molecule has 4 N–H and O–H groups in total. The third kappa shape index (κ3) is 3.62. The maximum Gasteiger partial charge on any atom is 0.209 e. The van der Waals surface area contributed by atoms with Crippen LogP contribution in [0, 0.1) is 11.8 Å². The van der Waals surface area contributed by atoms with E-state index in [9.17, 15) is 34.8 Å². The number of phenolic OH excluding ortho intramolecular Hbond substituents is 1. The van der Waals surface area contributed by atoms with Crippen molar-refractivity contribution in [3.63, 3.8) is 0 Å². The molecule has 10 nitrogen and oxygen atoms in total. The lowest BCUT2D eigenvalue weighted by Gasteiger charge is -2.50. The summed E-state index contributed by atoms with van der Waals surface area (Å²) in [4.78, 5) is 45.9. The minimum absolute atomic E-state index is 0.0888. The van der Waals surface area contributed by atoms with Crippen molar-refractivity contribution >= 4 is 23.0 Å². The average molecular weight is 554 g/mol. The van der Waals surface area contributed by atoms with E-state index < -0.39 is 57.9 Å². The molecule has 0 spiro atoms. The fourth-order valence-corrected chi connectivity index (χ4v) is 7.49. The summed E-state index contributed by atoms with van der Waals surface area (Å²) in [6, 6.07) is -0.668. The number of ketones is 3. The second-order valence-corrected chi connectivity index (χ2v) is 12.2. The number of aromatic hydroxyl groups is 1. The Kier molecular flexibility index (Phi) is 6.67. The van der Waals surface area contributed by atoms with Gasteiger partial charge >= 0.3 is 0 Å². The van der Waals surface area contributed by atoms with Crippen LogP contribution in [0.1, 0.15) is 60.7 Å². The number of hydrogen-bond acceptors (Lipinski definition) is 10. The maximum absolute atomic E-state index is 14.2. The Morgan fingerprint density at radius 2 is 1.70 bits per heavy atom. The molecule has 0 saturated heterocycles. The van der Waals surface area contributed by atoms with Gasteiger partial charge in [-0.3, -0.25) is 24.2 Å². The molecule has 5 atom stereocenters. The quantitative estimate of drug-likeness (QED) is 0.402. The number of rotatable bonds is 5. The van der Waals surface area contributed by atoms with Gasteiger partial charge in [-0.2, -0.15) is 0 Å². The number of hydrogen-bond donors (Lipinski definition) is 4. The first kappa shape index (κ1) is 28.3. The number of Topliss-reactive ketones (excluding diaryl/α,β-unsaturated/α-hetero) is 3. The zero-order valence-electron chi connectivity index (χ0n) is 24.2. The number of anilines is 1. The van der Waals surface area contributed by atoms with Crippen LogP contribution >= 0.6 is 0 Å². The number of allylic oxidation sites excluding steroid dienone is 1. The van der Waals surface area contributed by atoms with E-state index in [0.29, 0.717) is 30.6 Å². The molecule has 5 rings (SSSR count). The number of fused-ring (bicyclic) bond motifs is 4. The molecular weight excluding hydrogens is 514 g/mol. The van der Waals surface area contributed by atoms with E-state index in [1.165, 1.54) is 0 Å². The number of nitrogens with zero attached hydrogens (tertiary/aromatic N) is 3. The standard InChI is InChI=1S/C30H39N3O7/c1-8-13(2)33-11-17-18(12-33)25(35)22-16(23(17)31(4)5)9-15-10-19-24(32(6)7)27(37)20(14(3)34)28(38)30(19,40)29(39)21(15)26(22)36/h13,15,19,24,35,37,39-40H,8-12H2,1-7H3/t13-,15+,19+,24+,30-/m1/s1. The minimum Gasteiger partial charge on any atom is -0.510 e. The molecule has 0 aromatic heterocycles. The van der Waals surface area contributed by atoms with Crippen molar-refractivity contribution in [2.24, 2.45) is 11.8 Å². The Hall–Kier alpha value is -3.21. The third-order valence-electron chi connectivity index (χ3n) is 9.56. The highest BCUT2D eigenvalue weighted by atomic mass is 16.3. The first-order valence-electron chi connectivity index (χ1n) is 13.8. The van der Waals surface area contributed by atoms with Crippen LogP contribution in [-0.4, -0.2) is 93.5 Å². The lowest BCUT2D eigenvalue weighted by atomic mass is 9.58. The van der Waals surface area contributed by atoms with Gasteiger partial charge in [-0.05, 0) is 64.3 Å². The van der Waals surface area contributed by atoms with E-state index in [1.807, 2.05) is 19.0 Å². The molecule has 1 heterocycles. The van der Waals surface area contributed by atoms with Crippen molar-refractivity contribution < 1.29 is 34.8 Å². The van der Waals surface area contributed by atoms with Gasteiger partial charge < -0.3 is 25.3 Å². The number of carbonyl (C=O) groups excluding carboxylic acids is 3. The number of aliphatic hydroxyl groups is 3. The van der Waals surface area contributed by atoms with Crippen molar-refractivity contribution in [2.45, 2.75) is 70.8 Å². The van der Waals surface area contributed by atoms with Crippen LogP contribution in [-0.2, 0) is 29.1 Å². The van der Waals surface area contributed by atoms with Crippen LogP contribution in [0.15, 0.2) is 22.7 Å². The second kappa shape index (κ2) is 9.43. The Bertz CT molecular complexity index is 1410. The number of likely N-dealkylation sites (N-methyl/N-ethyl adjacent to an activating group) is 1.